The molecule has 1 aliphatic rings. The first-order valence-electron chi connectivity index (χ1n) is 9.81. The summed E-state index contributed by atoms with van der Waals surface area (Å²) >= 11 is 0. The molecule has 0 aliphatic carbocycles. The summed E-state index contributed by atoms with van der Waals surface area (Å²) in [5, 5.41) is 22.3. The number of aromatic carboxylic acids is 1. The lowest BCUT2D eigenvalue weighted by molar-refractivity contribution is -0.117. The molecule has 1 amide bonds. The van der Waals surface area contributed by atoms with E-state index in [2.05, 4.69) is 5.32 Å². The fourth-order valence-corrected chi connectivity index (χ4v) is 3.44. The average Bonchev–Trinajstić information content (AvgIpc) is 2.74. The van der Waals surface area contributed by atoms with Crippen LogP contribution in [0.5, 0.6) is 5.75 Å². The maximum atomic E-state index is 12.9. The molecule has 3 rings (SSSR count). The lowest BCUT2D eigenvalue weighted by Crippen LogP contribution is -2.41. The van der Waals surface area contributed by atoms with Gasteiger partial charge in [-0.1, -0.05) is 24.3 Å². The Balaban J connectivity index is 1.76. The van der Waals surface area contributed by atoms with E-state index in [4.69, 9.17) is 16.1 Å². The van der Waals surface area contributed by atoms with Crippen LogP contribution in [0, 0.1) is 6.92 Å². The number of carbonyl (C=O) groups is 3. The van der Waals surface area contributed by atoms with Crippen LogP contribution in [-0.2, 0) is 11.2 Å². The number of Topliss-reactive ketones (excluding diaryl/α,β-unsaturated/α-hetero) is 1. The lowest BCUT2D eigenvalue weighted by Gasteiger charge is -2.28. The number of carboxylic acids is 1. The Morgan fingerprint density at radius 2 is 2.03 bits per heavy atom. The van der Waals surface area contributed by atoms with E-state index in [-0.39, 0.29) is 30.1 Å². The zero-order valence-corrected chi connectivity index (χ0v) is 17.0. The maximum absolute atomic E-state index is 12.9. The molecule has 2 aromatic carbocycles. The minimum atomic E-state index is -1.32. The Kier molecular flexibility index (Phi) is 6.74. The molecule has 0 aromatic heterocycles. The lowest BCUT2D eigenvalue weighted by atomic mass is 9.64. The van der Waals surface area contributed by atoms with Gasteiger partial charge in [0.2, 0.25) is 5.91 Å². The largest absolute Gasteiger partial charge is 0.535 e. The topological polar surface area (TPSA) is 165 Å². The van der Waals surface area contributed by atoms with Crippen molar-refractivity contribution >= 4 is 30.5 Å². The number of benzene rings is 2. The molecule has 0 bridgehead atoms. The summed E-state index contributed by atoms with van der Waals surface area (Å²) in [5.74, 6) is -2.26. The molecule has 7 N–H and O–H groups in total. The van der Waals surface area contributed by atoms with E-state index in [9.17, 15) is 24.5 Å². The van der Waals surface area contributed by atoms with Crippen LogP contribution < -0.4 is 21.4 Å². The second-order valence-electron chi connectivity index (χ2n) is 7.56. The Hall–Kier alpha value is -3.21. The Bertz CT molecular complexity index is 1030. The number of amides is 1. The third kappa shape index (κ3) is 4.93. The van der Waals surface area contributed by atoms with Gasteiger partial charge in [0.15, 0.2) is 5.78 Å². The van der Waals surface area contributed by atoms with Crippen molar-refractivity contribution < 1.29 is 29.2 Å². The highest BCUT2D eigenvalue weighted by molar-refractivity contribution is 6.47. The number of ketones is 1. The van der Waals surface area contributed by atoms with Gasteiger partial charge in [0, 0.05) is 30.0 Å². The fraction of sp³-hybridized carbons (Fsp3) is 0.286. The molecule has 9 nitrogen and oxygen atoms in total. The normalized spacial score (nSPS) is 16.1. The predicted molar refractivity (Wildman–Crippen MR) is 115 cm³/mol. The van der Waals surface area contributed by atoms with Gasteiger partial charge in [-0.25, -0.2) is 4.79 Å². The van der Waals surface area contributed by atoms with E-state index in [1.807, 2.05) is 0 Å². The highest BCUT2D eigenvalue weighted by atomic mass is 16.5. The first kappa shape index (κ1) is 22.5. The second kappa shape index (κ2) is 9.30. The molecule has 162 valence electrons. The number of fused-ring (bicyclic) bond motifs is 1. The first-order valence-corrected chi connectivity index (χ1v) is 9.81. The molecule has 0 radical (unpaired) electrons. The Labute approximate surface area is 179 Å². The van der Waals surface area contributed by atoms with E-state index < -0.39 is 30.9 Å². The number of nitrogens with one attached hydrogen (secondary N) is 1. The molecule has 0 fully saturated rings. The zero-order chi connectivity index (χ0) is 22.7. The van der Waals surface area contributed by atoms with Crippen molar-refractivity contribution in [1.82, 2.24) is 0 Å². The summed E-state index contributed by atoms with van der Waals surface area (Å²) in [4.78, 5) is 36.3. The number of para-hydroxylation sites is 1. The van der Waals surface area contributed by atoms with Crippen molar-refractivity contribution in [3.05, 3.63) is 58.7 Å². The van der Waals surface area contributed by atoms with E-state index in [0.717, 1.165) is 5.56 Å². The maximum Gasteiger partial charge on any atom is 0.526 e. The number of nitrogens with two attached hydrogens (primary N) is 2. The van der Waals surface area contributed by atoms with Crippen LogP contribution in [-0.4, -0.2) is 47.5 Å². The van der Waals surface area contributed by atoms with Crippen LogP contribution in [0.2, 0.25) is 5.82 Å². The van der Waals surface area contributed by atoms with Gasteiger partial charge in [-0.15, -0.1) is 0 Å². The van der Waals surface area contributed by atoms with Gasteiger partial charge in [-0.2, -0.15) is 0 Å². The van der Waals surface area contributed by atoms with Gasteiger partial charge in [0.05, 0.1) is 11.6 Å². The molecule has 0 saturated heterocycles. The van der Waals surface area contributed by atoms with Gasteiger partial charge < -0.3 is 31.6 Å². The quantitative estimate of drug-likeness (QED) is 0.323. The van der Waals surface area contributed by atoms with Crippen LogP contribution in [0.1, 0.15) is 38.3 Å². The summed E-state index contributed by atoms with van der Waals surface area (Å²) in [6.07, 6.45) is 0.279. The highest BCUT2D eigenvalue weighted by Gasteiger charge is 2.38. The first-order chi connectivity index (χ1) is 14.7. The van der Waals surface area contributed by atoms with Gasteiger partial charge in [-0.05, 0) is 36.6 Å². The van der Waals surface area contributed by atoms with Crippen molar-refractivity contribution in [2.45, 2.75) is 31.6 Å². The van der Waals surface area contributed by atoms with Gasteiger partial charge in [0.25, 0.3) is 0 Å². The predicted octanol–water partition coefficient (Wildman–Crippen LogP) is 0.976. The number of carboxylic acid groups (broad SMARTS) is 1. The average molecular weight is 425 g/mol. The third-order valence-corrected chi connectivity index (χ3v) is 5.31. The monoisotopic (exact) mass is 425 g/mol. The van der Waals surface area contributed by atoms with Crippen LogP contribution in [0.3, 0.4) is 0 Å². The summed E-state index contributed by atoms with van der Waals surface area (Å²) < 4.78 is 5.45. The number of hydrogen-bond donors (Lipinski definition) is 5. The number of aryl methyl sites for hydroxylation is 1. The van der Waals surface area contributed by atoms with Crippen molar-refractivity contribution in [3.63, 3.8) is 0 Å². The van der Waals surface area contributed by atoms with Crippen LogP contribution >= 0.6 is 0 Å². The third-order valence-electron chi connectivity index (χ3n) is 5.31. The number of carbonyl (C=O) groups excluding carboxylic acids is 2. The van der Waals surface area contributed by atoms with E-state index in [0.29, 0.717) is 23.2 Å². The standard InChI is InChI=1S/C21H24BN3O6/c1-11-5-6-12(8-17(11)25-20(27)16(24)10-23)18(26)9-14-7-13-3-2-4-15(21(28)29)19(13)31-22(14)30/h2-6,8,14,16,30H,7,9-10,23-24H2,1H3,(H,25,27)(H,28,29)/t14-,16+/m1/s1. The summed E-state index contributed by atoms with van der Waals surface area (Å²) in [5.41, 5.74) is 13.2. The van der Waals surface area contributed by atoms with Crippen molar-refractivity contribution in [3.8, 4) is 5.75 Å². The highest BCUT2D eigenvalue weighted by Crippen LogP contribution is 2.36. The molecular weight excluding hydrogens is 401 g/mol. The van der Waals surface area contributed by atoms with Crippen LogP contribution in [0.4, 0.5) is 5.69 Å². The Morgan fingerprint density at radius 1 is 1.29 bits per heavy atom. The molecule has 0 saturated carbocycles. The molecule has 0 unspecified atom stereocenters. The van der Waals surface area contributed by atoms with Gasteiger partial charge in [-0.3, -0.25) is 9.59 Å². The van der Waals surface area contributed by atoms with Gasteiger partial charge in [0.1, 0.15) is 5.75 Å². The van der Waals surface area contributed by atoms with Crippen LogP contribution in [0.15, 0.2) is 36.4 Å². The minimum Gasteiger partial charge on any atom is -0.535 e. The van der Waals surface area contributed by atoms with E-state index in [1.54, 1.807) is 37.3 Å². The van der Waals surface area contributed by atoms with E-state index >= 15 is 0 Å². The van der Waals surface area contributed by atoms with Crippen molar-refractivity contribution in [2.75, 3.05) is 11.9 Å². The molecule has 2 atom stereocenters. The van der Waals surface area contributed by atoms with Gasteiger partial charge >= 0.3 is 13.1 Å². The molecular formula is C21H24BN3O6. The van der Waals surface area contributed by atoms with E-state index in [1.165, 1.54) is 6.07 Å². The summed E-state index contributed by atoms with van der Waals surface area (Å²) in [6.45, 7) is 1.78. The molecule has 2 aromatic rings. The molecule has 0 spiro atoms. The van der Waals surface area contributed by atoms with Crippen molar-refractivity contribution in [2.24, 2.45) is 11.5 Å². The molecule has 10 heteroatoms. The zero-order valence-electron chi connectivity index (χ0n) is 17.0. The summed E-state index contributed by atoms with van der Waals surface area (Å²) in [6, 6.07) is 8.77. The fourth-order valence-electron chi connectivity index (χ4n) is 3.44. The molecule has 1 heterocycles. The smallest absolute Gasteiger partial charge is 0.526 e. The molecule has 1 aliphatic heterocycles. The second-order valence-corrected chi connectivity index (χ2v) is 7.56. The number of anilines is 1. The SMILES string of the molecule is Cc1ccc(C(=O)C[C@H]2Cc3cccc(C(=O)O)c3OB2O)cc1NC(=O)[C@@H](N)CN. The number of hydrogen-bond acceptors (Lipinski definition) is 7. The minimum absolute atomic E-state index is 0.00582. The molecule has 31 heavy (non-hydrogen) atoms. The van der Waals surface area contributed by atoms with Crippen LogP contribution in [0.25, 0.3) is 0 Å². The Morgan fingerprint density at radius 3 is 2.71 bits per heavy atom. The number of rotatable bonds is 7. The summed E-state index contributed by atoms with van der Waals surface area (Å²) in [7, 11) is -1.32. The van der Waals surface area contributed by atoms with Crippen molar-refractivity contribution in [1.29, 1.82) is 0 Å².